The Hall–Kier alpha value is -4.62. The maximum Gasteiger partial charge on any atom is 0.416 e. The molecular formula is C28H22ClF3N8O2. The molecule has 1 amide bonds. The number of benzene rings is 1. The molecule has 6 rings (SSSR count). The lowest BCUT2D eigenvalue weighted by Crippen LogP contribution is -2.17. The highest BCUT2D eigenvalue weighted by Crippen LogP contribution is 2.35. The van der Waals surface area contributed by atoms with Crippen molar-refractivity contribution in [3.63, 3.8) is 0 Å². The third-order valence-corrected chi connectivity index (χ3v) is 7.01. The maximum absolute atomic E-state index is 13.1. The molecule has 1 atom stereocenters. The number of aromatic nitrogens is 6. The summed E-state index contributed by atoms with van der Waals surface area (Å²) in [5.41, 5.74) is 1.68. The predicted octanol–water partition coefficient (Wildman–Crippen LogP) is 6.65. The molecule has 5 heterocycles. The van der Waals surface area contributed by atoms with Crippen LogP contribution in [-0.4, -0.2) is 42.0 Å². The van der Waals surface area contributed by atoms with Gasteiger partial charge in [0.2, 0.25) is 0 Å². The maximum atomic E-state index is 13.1. The second-order valence-corrected chi connectivity index (χ2v) is 9.88. The summed E-state index contributed by atoms with van der Waals surface area (Å²) in [7, 11) is 0. The molecule has 1 fully saturated rings. The zero-order chi connectivity index (χ0) is 29.3. The van der Waals surface area contributed by atoms with Gasteiger partial charge in [-0.05, 0) is 61.7 Å². The monoisotopic (exact) mass is 594 g/mol. The van der Waals surface area contributed by atoms with E-state index in [0.29, 0.717) is 51.6 Å². The second-order valence-electron chi connectivity index (χ2n) is 9.47. The van der Waals surface area contributed by atoms with Crippen LogP contribution < -0.4 is 10.6 Å². The van der Waals surface area contributed by atoms with Crippen LogP contribution >= 0.6 is 11.6 Å². The number of hydrogen-bond acceptors (Lipinski definition) is 8. The Morgan fingerprint density at radius 3 is 2.71 bits per heavy atom. The molecule has 0 spiro atoms. The first-order valence-electron chi connectivity index (χ1n) is 12.9. The van der Waals surface area contributed by atoms with Gasteiger partial charge in [0.25, 0.3) is 5.91 Å². The van der Waals surface area contributed by atoms with Crippen LogP contribution in [0.3, 0.4) is 0 Å². The normalized spacial score (nSPS) is 15.5. The number of fused-ring (bicyclic) bond motifs is 1. The highest BCUT2D eigenvalue weighted by Gasteiger charge is 2.31. The number of pyridine rings is 2. The average molecular weight is 595 g/mol. The first-order chi connectivity index (χ1) is 20.3. The molecule has 14 heteroatoms. The van der Waals surface area contributed by atoms with Crippen LogP contribution in [0.25, 0.3) is 22.4 Å². The molecule has 1 aromatic carbocycles. The zero-order valence-corrected chi connectivity index (χ0v) is 22.5. The Labute approximate surface area is 242 Å². The lowest BCUT2D eigenvalue weighted by Gasteiger charge is -2.23. The van der Waals surface area contributed by atoms with Crippen molar-refractivity contribution in [2.24, 2.45) is 0 Å². The summed E-state index contributed by atoms with van der Waals surface area (Å²) >= 11 is 6.46. The van der Waals surface area contributed by atoms with Crippen molar-refractivity contribution in [2.45, 2.75) is 31.7 Å². The molecule has 42 heavy (non-hydrogen) atoms. The second kappa shape index (κ2) is 11.3. The number of alkyl halides is 3. The van der Waals surface area contributed by atoms with Crippen molar-refractivity contribution in [2.75, 3.05) is 17.2 Å². The number of amides is 1. The van der Waals surface area contributed by atoms with Gasteiger partial charge >= 0.3 is 6.18 Å². The summed E-state index contributed by atoms with van der Waals surface area (Å²) < 4.78 is 47.1. The van der Waals surface area contributed by atoms with E-state index in [1.165, 1.54) is 24.5 Å². The number of carbonyl (C=O) groups excluding carboxylic acids is 1. The van der Waals surface area contributed by atoms with Crippen LogP contribution in [0.15, 0.2) is 67.5 Å². The minimum atomic E-state index is -4.60. The quantitative estimate of drug-likeness (QED) is 0.224. The molecule has 2 N–H and O–H groups in total. The van der Waals surface area contributed by atoms with Gasteiger partial charge in [-0.1, -0.05) is 11.6 Å². The summed E-state index contributed by atoms with van der Waals surface area (Å²) in [6, 6.07) is 9.67. The highest BCUT2D eigenvalue weighted by molar-refractivity contribution is 6.33. The molecule has 0 aliphatic carbocycles. The number of hydrogen-bond donors (Lipinski definition) is 2. The highest BCUT2D eigenvalue weighted by atomic mass is 35.5. The molecule has 1 saturated heterocycles. The Bertz CT molecular complexity index is 1770. The zero-order valence-electron chi connectivity index (χ0n) is 21.8. The fourth-order valence-corrected chi connectivity index (χ4v) is 4.82. The fraction of sp³-hybridized carbons (Fsp3) is 0.214. The number of halogens is 4. The van der Waals surface area contributed by atoms with Crippen LogP contribution in [0.2, 0.25) is 5.02 Å². The molecule has 10 nitrogen and oxygen atoms in total. The lowest BCUT2D eigenvalue weighted by molar-refractivity contribution is -0.137. The Morgan fingerprint density at radius 2 is 1.90 bits per heavy atom. The molecule has 0 saturated carbocycles. The third-order valence-electron chi connectivity index (χ3n) is 6.68. The van der Waals surface area contributed by atoms with Gasteiger partial charge in [-0.2, -0.15) is 13.2 Å². The molecule has 214 valence electrons. The lowest BCUT2D eigenvalue weighted by atomic mass is 10.1. The summed E-state index contributed by atoms with van der Waals surface area (Å²) in [5, 5.41) is 6.05. The van der Waals surface area contributed by atoms with Crippen LogP contribution in [0.1, 0.15) is 41.5 Å². The Balaban J connectivity index is 1.28. The van der Waals surface area contributed by atoms with Gasteiger partial charge in [-0.15, -0.1) is 0 Å². The van der Waals surface area contributed by atoms with Gasteiger partial charge in [0.15, 0.2) is 5.65 Å². The number of nitrogens with one attached hydrogen (secondary N) is 2. The van der Waals surface area contributed by atoms with Gasteiger partial charge in [-0.3, -0.25) is 14.3 Å². The van der Waals surface area contributed by atoms with E-state index in [1.54, 1.807) is 18.6 Å². The minimum Gasteiger partial charge on any atom is -0.358 e. The van der Waals surface area contributed by atoms with Gasteiger partial charge in [-0.25, -0.2) is 19.9 Å². The number of imidazole rings is 1. The van der Waals surface area contributed by atoms with E-state index in [-0.39, 0.29) is 17.6 Å². The average Bonchev–Trinajstić information content (AvgIpc) is 3.44. The van der Waals surface area contributed by atoms with E-state index in [0.717, 1.165) is 31.5 Å². The van der Waals surface area contributed by atoms with E-state index in [4.69, 9.17) is 16.3 Å². The van der Waals surface area contributed by atoms with Gasteiger partial charge < -0.3 is 15.4 Å². The molecule has 0 radical (unpaired) electrons. The van der Waals surface area contributed by atoms with Crippen molar-refractivity contribution in [1.82, 2.24) is 29.5 Å². The smallest absolute Gasteiger partial charge is 0.358 e. The van der Waals surface area contributed by atoms with Gasteiger partial charge in [0, 0.05) is 30.3 Å². The molecular weight excluding hydrogens is 573 g/mol. The molecule has 5 aromatic rings. The fourth-order valence-electron chi connectivity index (χ4n) is 4.65. The number of ether oxygens (including phenoxy) is 1. The standard InChI is InChI=1S/C28H22ClF3N8O2/c29-19-7-6-17(38-27(41)21-12-16(8-10-33-21)28(30,31)32)13-20(19)39-25-18(4-3-9-34-25)23-24-26(36-14-35-23)40(15-37-24)22-5-1-2-11-42-22/h3-4,6-10,12-15,22H,1-2,5,11H2,(H,34,39)(H,38,41). The predicted molar refractivity (Wildman–Crippen MR) is 149 cm³/mol. The van der Waals surface area contributed by atoms with E-state index in [9.17, 15) is 18.0 Å². The van der Waals surface area contributed by atoms with E-state index < -0.39 is 17.6 Å². The van der Waals surface area contributed by atoms with Gasteiger partial charge in [0.1, 0.15) is 35.3 Å². The molecule has 0 bridgehead atoms. The summed E-state index contributed by atoms with van der Waals surface area (Å²) in [6.45, 7) is 0.676. The number of rotatable bonds is 6. The Morgan fingerprint density at radius 1 is 1.02 bits per heavy atom. The van der Waals surface area contributed by atoms with Crippen LogP contribution in [-0.2, 0) is 10.9 Å². The van der Waals surface area contributed by atoms with E-state index in [1.807, 2.05) is 10.6 Å². The first kappa shape index (κ1) is 27.5. The topological polar surface area (TPSA) is 120 Å². The first-order valence-corrected chi connectivity index (χ1v) is 13.3. The third kappa shape index (κ3) is 5.60. The van der Waals surface area contributed by atoms with Gasteiger partial charge in [0.05, 0.1) is 22.6 Å². The number of carbonyl (C=O) groups is 1. The summed E-state index contributed by atoms with van der Waals surface area (Å²) in [5.74, 6) is -0.403. The van der Waals surface area contributed by atoms with E-state index >= 15 is 0 Å². The van der Waals surface area contributed by atoms with Crippen molar-refractivity contribution in [1.29, 1.82) is 0 Å². The van der Waals surface area contributed by atoms with Crippen molar-refractivity contribution < 1.29 is 22.7 Å². The molecule has 1 unspecified atom stereocenters. The van der Waals surface area contributed by atoms with Crippen molar-refractivity contribution >= 4 is 45.9 Å². The largest absolute Gasteiger partial charge is 0.416 e. The van der Waals surface area contributed by atoms with Crippen LogP contribution in [0, 0.1) is 0 Å². The summed E-state index contributed by atoms with van der Waals surface area (Å²) in [4.78, 5) is 34.5. The molecule has 1 aliphatic rings. The van der Waals surface area contributed by atoms with E-state index in [2.05, 4.69) is 35.6 Å². The van der Waals surface area contributed by atoms with Crippen molar-refractivity contribution in [3.8, 4) is 11.3 Å². The SMILES string of the molecule is O=C(Nc1ccc(Cl)c(Nc2ncccc2-c2ncnc3c2ncn3C2CCCCO2)c1)c1cc(C(F)(F)F)ccn1. The minimum absolute atomic E-state index is 0.152. The van der Waals surface area contributed by atoms with Crippen LogP contribution in [0.4, 0.5) is 30.4 Å². The molecule has 1 aliphatic heterocycles. The molecule has 4 aromatic heterocycles. The van der Waals surface area contributed by atoms with Crippen molar-refractivity contribution in [3.05, 3.63) is 83.8 Å². The number of anilines is 3. The number of nitrogens with zero attached hydrogens (tertiary/aromatic N) is 6. The van der Waals surface area contributed by atoms with Crippen LogP contribution in [0.5, 0.6) is 0 Å². The summed E-state index contributed by atoms with van der Waals surface area (Å²) in [6.07, 6.45) is 3.86. The Kier molecular flexibility index (Phi) is 7.43.